The second-order valence-corrected chi connectivity index (χ2v) is 8.84. The summed E-state index contributed by atoms with van der Waals surface area (Å²) in [6.45, 7) is 1.84. The largest absolute Gasteiger partial charge is 0.416 e. The molecule has 0 aliphatic rings. The van der Waals surface area contributed by atoms with E-state index in [1.807, 2.05) is 6.92 Å². The fraction of sp³-hybridized carbons (Fsp3) is 0.136. The number of sulfonamides is 1. The zero-order chi connectivity index (χ0) is 22.8. The van der Waals surface area contributed by atoms with Crippen molar-refractivity contribution in [1.82, 2.24) is 0 Å². The summed E-state index contributed by atoms with van der Waals surface area (Å²) in [6.07, 6.45) is -4.53. The molecule has 0 unspecified atom stereocenters. The van der Waals surface area contributed by atoms with Gasteiger partial charge in [0.05, 0.1) is 16.1 Å². The summed E-state index contributed by atoms with van der Waals surface area (Å²) in [4.78, 5) is 12.6. The van der Waals surface area contributed by atoms with Gasteiger partial charge in [-0.15, -0.1) is 0 Å². The normalized spacial score (nSPS) is 11.8. The topological polar surface area (TPSA) is 66.5 Å². The Bertz CT molecular complexity index is 1210. The summed E-state index contributed by atoms with van der Waals surface area (Å²) in [7, 11) is -2.50. The van der Waals surface area contributed by atoms with Crippen LogP contribution in [0.4, 0.5) is 24.5 Å². The molecule has 0 aliphatic carbocycles. The summed E-state index contributed by atoms with van der Waals surface area (Å²) in [5, 5.41) is 2.41. The number of nitrogens with one attached hydrogen (secondary N) is 1. The van der Waals surface area contributed by atoms with Crippen LogP contribution in [0.5, 0.6) is 0 Å². The zero-order valence-corrected chi connectivity index (χ0v) is 17.5. The van der Waals surface area contributed by atoms with Crippen LogP contribution in [-0.2, 0) is 16.2 Å². The highest BCUT2D eigenvalue weighted by Gasteiger charge is 2.30. The van der Waals surface area contributed by atoms with Crippen molar-refractivity contribution in [2.45, 2.75) is 18.0 Å². The highest BCUT2D eigenvalue weighted by atomic mass is 32.2. The first-order valence-corrected chi connectivity index (χ1v) is 10.6. The van der Waals surface area contributed by atoms with Gasteiger partial charge in [0, 0.05) is 18.3 Å². The number of aryl methyl sites for hydroxylation is 1. The van der Waals surface area contributed by atoms with Gasteiger partial charge in [-0.3, -0.25) is 9.10 Å². The van der Waals surface area contributed by atoms with Crippen LogP contribution in [0.15, 0.2) is 77.7 Å². The van der Waals surface area contributed by atoms with Crippen molar-refractivity contribution < 1.29 is 26.4 Å². The molecule has 0 radical (unpaired) electrons. The number of benzene rings is 3. The Morgan fingerprint density at radius 2 is 1.58 bits per heavy atom. The molecular weight excluding hydrogens is 429 g/mol. The predicted molar refractivity (Wildman–Crippen MR) is 113 cm³/mol. The highest BCUT2D eigenvalue weighted by Crippen LogP contribution is 2.31. The molecule has 0 heterocycles. The number of nitrogens with zero attached hydrogens (tertiary/aromatic N) is 1. The highest BCUT2D eigenvalue weighted by molar-refractivity contribution is 7.92. The average Bonchev–Trinajstić information content (AvgIpc) is 2.73. The summed E-state index contributed by atoms with van der Waals surface area (Å²) in [5.41, 5.74) is 0.335. The van der Waals surface area contributed by atoms with Gasteiger partial charge in [0.25, 0.3) is 15.9 Å². The maximum absolute atomic E-state index is 12.9. The molecule has 0 aliphatic heterocycles. The number of hydrogen-bond donors (Lipinski definition) is 1. The standard InChI is InChI=1S/C22H19F3N2O3S/c1-15-9-11-20(12-10-15)31(29,30)27(2)19-8-3-5-16(13-19)21(28)26-18-7-4-6-17(14-18)22(23,24)25/h3-14H,1-2H3,(H,26,28). The molecule has 3 aromatic rings. The lowest BCUT2D eigenvalue weighted by Gasteiger charge is -2.20. The first-order valence-electron chi connectivity index (χ1n) is 9.13. The summed E-state index contributed by atoms with van der Waals surface area (Å²) in [6, 6.07) is 16.4. The molecule has 0 aromatic heterocycles. The van der Waals surface area contributed by atoms with E-state index in [2.05, 4.69) is 5.32 Å². The van der Waals surface area contributed by atoms with Crippen molar-refractivity contribution in [3.63, 3.8) is 0 Å². The second kappa shape index (κ2) is 8.43. The van der Waals surface area contributed by atoms with Gasteiger partial charge in [0.15, 0.2) is 0 Å². The fourth-order valence-corrected chi connectivity index (χ4v) is 4.01. The molecule has 9 heteroatoms. The molecule has 0 fully saturated rings. The predicted octanol–water partition coefficient (Wildman–Crippen LogP) is 5.09. The molecule has 1 N–H and O–H groups in total. The van der Waals surface area contributed by atoms with Gasteiger partial charge in [-0.05, 0) is 55.5 Å². The van der Waals surface area contributed by atoms with E-state index in [1.54, 1.807) is 12.1 Å². The van der Waals surface area contributed by atoms with Crippen LogP contribution in [0.25, 0.3) is 0 Å². The summed E-state index contributed by atoms with van der Waals surface area (Å²) >= 11 is 0. The number of anilines is 2. The average molecular weight is 448 g/mol. The van der Waals surface area contributed by atoms with Crippen LogP contribution >= 0.6 is 0 Å². The maximum Gasteiger partial charge on any atom is 0.416 e. The monoisotopic (exact) mass is 448 g/mol. The van der Waals surface area contributed by atoms with E-state index < -0.39 is 27.7 Å². The first-order chi connectivity index (χ1) is 14.5. The van der Waals surface area contributed by atoms with Gasteiger partial charge in [0.1, 0.15) is 0 Å². The van der Waals surface area contributed by atoms with E-state index in [4.69, 9.17) is 0 Å². The van der Waals surface area contributed by atoms with Gasteiger partial charge >= 0.3 is 6.18 Å². The van der Waals surface area contributed by atoms with Gasteiger partial charge in [0.2, 0.25) is 0 Å². The third kappa shape index (κ3) is 5.05. The number of hydrogen-bond acceptors (Lipinski definition) is 3. The molecule has 3 aromatic carbocycles. The number of carbonyl (C=O) groups is 1. The Kier molecular flexibility index (Phi) is 6.08. The van der Waals surface area contributed by atoms with Crippen molar-refractivity contribution in [2.75, 3.05) is 16.7 Å². The van der Waals surface area contributed by atoms with E-state index in [9.17, 15) is 26.4 Å². The van der Waals surface area contributed by atoms with Gasteiger partial charge in [-0.1, -0.05) is 29.8 Å². The van der Waals surface area contributed by atoms with Gasteiger partial charge in [-0.25, -0.2) is 8.42 Å². The van der Waals surface area contributed by atoms with Crippen molar-refractivity contribution in [2.24, 2.45) is 0 Å². The quantitative estimate of drug-likeness (QED) is 0.591. The molecule has 1 amide bonds. The number of carbonyl (C=O) groups excluding carboxylic acids is 1. The molecule has 0 saturated carbocycles. The number of halogens is 3. The smallest absolute Gasteiger partial charge is 0.322 e. The summed E-state index contributed by atoms with van der Waals surface area (Å²) < 4.78 is 65.4. The van der Waals surface area contributed by atoms with E-state index in [0.29, 0.717) is 0 Å². The SMILES string of the molecule is Cc1ccc(S(=O)(=O)N(C)c2cccc(C(=O)Nc3cccc(C(F)(F)F)c3)c2)cc1. The molecule has 162 valence electrons. The van der Waals surface area contributed by atoms with Crippen molar-refractivity contribution in [1.29, 1.82) is 0 Å². The van der Waals surface area contributed by atoms with E-state index in [0.717, 1.165) is 22.0 Å². The van der Waals surface area contributed by atoms with Crippen LogP contribution in [0.2, 0.25) is 0 Å². The van der Waals surface area contributed by atoms with Crippen molar-refractivity contribution >= 4 is 27.3 Å². The molecule has 0 bridgehead atoms. The molecular formula is C22H19F3N2O3S. The van der Waals surface area contributed by atoms with Gasteiger partial charge < -0.3 is 5.32 Å². The van der Waals surface area contributed by atoms with Crippen LogP contribution in [0, 0.1) is 6.92 Å². The maximum atomic E-state index is 12.9. The minimum atomic E-state index is -4.53. The van der Waals surface area contributed by atoms with E-state index >= 15 is 0 Å². The molecule has 0 spiro atoms. The molecule has 31 heavy (non-hydrogen) atoms. The van der Waals surface area contributed by atoms with Crippen LogP contribution in [0.1, 0.15) is 21.5 Å². The second-order valence-electron chi connectivity index (χ2n) is 6.87. The van der Waals surface area contributed by atoms with Crippen LogP contribution < -0.4 is 9.62 Å². The Balaban J connectivity index is 1.84. The van der Waals surface area contributed by atoms with Crippen LogP contribution in [-0.4, -0.2) is 21.4 Å². The van der Waals surface area contributed by atoms with Crippen molar-refractivity contribution in [3.05, 3.63) is 89.5 Å². The van der Waals surface area contributed by atoms with Crippen LogP contribution in [0.3, 0.4) is 0 Å². The minimum absolute atomic E-state index is 0.0224. The first kappa shape index (κ1) is 22.4. The Morgan fingerprint density at radius 3 is 2.23 bits per heavy atom. The number of amides is 1. The Hall–Kier alpha value is -3.33. The number of rotatable bonds is 5. The Morgan fingerprint density at radius 1 is 0.935 bits per heavy atom. The molecule has 0 saturated heterocycles. The van der Waals surface area contributed by atoms with E-state index in [-0.39, 0.29) is 21.8 Å². The molecule has 3 rings (SSSR count). The molecule has 5 nitrogen and oxygen atoms in total. The zero-order valence-electron chi connectivity index (χ0n) is 16.6. The molecule has 0 atom stereocenters. The third-order valence-electron chi connectivity index (χ3n) is 4.60. The Labute approximate surface area is 178 Å². The van der Waals surface area contributed by atoms with Gasteiger partial charge in [-0.2, -0.15) is 13.2 Å². The fourth-order valence-electron chi connectivity index (χ4n) is 2.83. The lowest BCUT2D eigenvalue weighted by Crippen LogP contribution is -2.27. The van der Waals surface area contributed by atoms with Crippen molar-refractivity contribution in [3.8, 4) is 0 Å². The minimum Gasteiger partial charge on any atom is -0.322 e. The lowest BCUT2D eigenvalue weighted by molar-refractivity contribution is -0.137. The van der Waals surface area contributed by atoms with E-state index in [1.165, 1.54) is 55.6 Å². The summed E-state index contributed by atoms with van der Waals surface area (Å²) in [5.74, 6) is -0.665. The lowest BCUT2D eigenvalue weighted by atomic mass is 10.1. The third-order valence-corrected chi connectivity index (χ3v) is 6.40. The number of alkyl halides is 3.